The van der Waals surface area contributed by atoms with E-state index in [2.05, 4.69) is 35.6 Å². The van der Waals surface area contributed by atoms with E-state index >= 15 is 0 Å². The summed E-state index contributed by atoms with van der Waals surface area (Å²) in [6.45, 7) is 10.7. The molecule has 2 saturated heterocycles. The Morgan fingerprint density at radius 3 is 1.95 bits per heavy atom. The summed E-state index contributed by atoms with van der Waals surface area (Å²) in [5.74, 6) is 1.56. The maximum atomic E-state index is 13.8. The van der Waals surface area contributed by atoms with Crippen molar-refractivity contribution in [1.29, 1.82) is 0 Å². The van der Waals surface area contributed by atoms with Crippen LogP contribution in [-0.4, -0.2) is 103 Å². The second kappa shape index (κ2) is 16.9. The van der Waals surface area contributed by atoms with Gasteiger partial charge in [0.15, 0.2) is 5.82 Å². The lowest BCUT2D eigenvalue weighted by Crippen LogP contribution is -2.54. The van der Waals surface area contributed by atoms with Gasteiger partial charge in [0.1, 0.15) is 23.7 Å². The van der Waals surface area contributed by atoms with E-state index in [1.54, 1.807) is 28.4 Å². The number of H-pyrrole nitrogens is 2. The maximum Gasteiger partial charge on any atom is 0.407 e. The molecule has 3 aromatic heterocycles. The molecule has 2 fully saturated rings. The van der Waals surface area contributed by atoms with Crippen LogP contribution in [0.2, 0.25) is 0 Å². The van der Waals surface area contributed by atoms with Gasteiger partial charge in [0.25, 0.3) is 0 Å². The van der Waals surface area contributed by atoms with Gasteiger partial charge in [-0.2, -0.15) is 0 Å². The van der Waals surface area contributed by atoms with Crippen molar-refractivity contribution >= 4 is 35.0 Å². The Balaban J connectivity index is 1.02. The third-order valence-electron chi connectivity index (χ3n) is 11.2. The number of hydrogen-bond acceptors (Lipinski definition) is 10. The molecule has 0 saturated carbocycles. The highest BCUT2D eigenvalue weighted by Crippen LogP contribution is 2.36. The van der Waals surface area contributed by atoms with E-state index in [1.165, 1.54) is 14.2 Å². The molecule has 0 bridgehead atoms. The van der Waals surface area contributed by atoms with Gasteiger partial charge < -0.3 is 39.9 Å². The number of aromatic amines is 2. The SMILES string of the molecule is COC(=O)N[C@H](C(=O)N1CCCC1c1ncc(-c2ccc(-c3ncc(-c4ccc5nc([C@@H]6CCCN6C(=O)[C@H](NC(=O)OC)C(C)(C)C)[nH]c5c4)cn3)cc2)[nH]1)C(C)C. The Morgan fingerprint density at radius 2 is 1.32 bits per heavy atom. The smallest absolute Gasteiger partial charge is 0.407 e. The summed E-state index contributed by atoms with van der Waals surface area (Å²) in [4.78, 5) is 80.8. The Kier molecular flexibility index (Phi) is 11.7. The summed E-state index contributed by atoms with van der Waals surface area (Å²) in [6.07, 6.45) is 7.29. The number of fused-ring (bicyclic) bond motifs is 1. The molecule has 310 valence electrons. The predicted molar refractivity (Wildman–Crippen MR) is 220 cm³/mol. The number of alkyl carbamates (subject to hydrolysis) is 2. The zero-order valence-electron chi connectivity index (χ0n) is 34.5. The molecule has 2 aliphatic rings. The van der Waals surface area contributed by atoms with Crippen LogP contribution in [0, 0.1) is 11.3 Å². The molecule has 4 N–H and O–H groups in total. The molecule has 2 aliphatic heterocycles. The summed E-state index contributed by atoms with van der Waals surface area (Å²) >= 11 is 0. The zero-order valence-corrected chi connectivity index (χ0v) is 34.5. The van der Waals surface area contributed by atoms with Crippen LogP contribution in [0.15, 0.2) is 61.1 Å². The van der Waals surface area contributed by atoms with Crippen LogP contribution >= 0.6 is 0 Å². The minimum Gasteiger partial charge on any atom is -0.453 e. The van der Waals surface area contributed by atoms with Crippen LogP contribution in [0.1, 0.15) is 84.0 Å². The Morgan fingerprint density at radius 1 is 0.729 bits per heavy atom. The molecule has 1 unspecified atom stereocenters. The van der Waals surface area contributed by atoms with Gasteiger partial charge in [0.05, 0.1) is 49.2 Å². The molecular weight excluding hydrogens is 753 g/mol. The topological polar surface area (TPSA) is 200 Å². The van der Waals surface area contributed by atoms with Gasteiger partial charge in [0, 0.05) is 36.6 Å². The molecular formula is C43H52N10O6. The maximum absolute atomic E-state index is 13.8. The first-order valence-electron chi connectivity index (χ1n) is 20.0. The zero-order chi connectivity index (χ0) is 42.0. The highest BCUT2D eigenvalue weighted by Gasteiger charge is 2.41. The minimum atomic E-state index is -0.756. The van der Waals surface area contributed by atoms with Crippen molar-refractivity contribution in [2.45, 2.75) is 84.5 Å². The normalized spacial score (nSPS) is 17.9. The molecule has 7 rings (SSSR count). The van der Waals surface area contributed by atoms with E-state index in [-0.39, 0.29) is 29.8 Å². The molecule has 16 nitrogen and oxygen atoms in total. The molecule has 2 aromatic carbocycles. The van der Waals surface area contributed by atoms with Crippen molar-refractivity contribution in [3.8, 4) is 33.8 Å². The standard InChI is InChI=1S/C43H52N10O6/c1-24(2)34(50-41(56)58-6)39(54)52-18-8-10-32(52)37-46-23-31(49-37)25-12-14-26(15-13-25)36-44-21-28(22-45-36)27-16-17-29-30(20-27)48-38(47-29)33-11-9-19-53(33)40(55)35(43(3,4)5)51-42(57)59-7/h12-17,20-24,32-35H,8-11,18-19H2,1-7H3,(H,46,49)(H,47,48)(H,50,56)(H,51,57)/t32?,33-,34-,35-/m0/s1. The first-order chi connectivity index (χ1) is 28.2. The van der Waals surface area contributed by atoms with Gasteiger partial charge in [-0.25, -0.2) is 29.5 Å². The van der Waals surface area contributed by atoms with E-state index in [0.29, 0.717) is 30.6 Å². The number of nitrogens with zero attached hydrogens (tertiary/aromatic N) is 6. The summed E-state index contributed by atoms with van der Waals surface area (Å²) in [6, 6.07) is 11.9. The molecule has 16 heteroatoms. The lowest BCUT2D eigenvalue weighted by molar-refractivity contribution is -0.137. The van der Waals surface area contributed by atoms with E-state index in [9.17, 15) is 19.2 Å². The fraction of sp³-hybridized carbons (Fsp3) is 0.442. The van der Waals surface area contributed by atoms with Crippen molar-refractivity contribution in [2.75, 3.05) is 27.3 Å². The number of aromatic nitrogens is 6. The number of benzene rings is 2. The first kappa shape index (κ1) is 40.9. The van der Waals surface area contributed by atoms with Crippen LogP contribution in [0.5, 0.6) is 0 Å². The molecule has 59 heavy (non-hydrogen) atoms. The molecule has 0 spiro atoms. The number of imidazole rings is 2. The van der Waals surface area contributed by atoms with Crippen LogP contribution < -0.4 is 10.6 Å². The quantitative estimate of drug-likeness (QED) is 0.120. The van der Waals surface area contributed by atoms with Gasteiger partial charge in [-0.3, -0.25) is 9.59 Å². The Labute approximate surface area is 342 Å². The predicted octanol–water partition coefficient (Wildman–Crippen LogP) is 6.56. The van der Waals surface area contributed by atoms with Crippen LogP contribution in [-0.2, 0) is 19.1 Å². The van der Waals surface area contributed by atoms with Crippen molar-refractivity contribution in [3.63, 3.8) is 0 Å². The number of nitrogens with one attached hydrogen (secondary N) is 4. The monoisotopic (exact) mass is 804 g/mol. The highest BCUT2D eigenvalue weighted by molar-refractivity contribution is 5.88. The van der Waals surface area contributed by atoms with Gasteiger partial charge >= 0.3 is 12.2 Å². The Bertz CT molecular complexity index is 2310. The number of amides is 4. The molecule has 4 amide bonds. The molecule has 5 aromatic rings. The van der Waals surface area contributed by atoms with E-state index < -0.39 is 29.7 Å². The molecule has 0 aliphatic carbocycles. The van der Waals surface area contributed by atoms with Crippen molar-refractivity contribution in [1.82, 2.24) is 50.3 Å². The van der Waals surface area contributed by atoms with E-state index in [0.717, 1.165) is 64.7 Å². The van der Waals surface area contributed by atoms with Crippen molar-refractivity contribution < 1.29 is 28.7 Å². The van der Waals surface area contributed by atoms with Gasteiger partial charge in [-0.15, -0.1) is 0 Å². The lowest BCUT2D eigenvalue weighted by Gasteiger charge is -2.34. The summed E-state index contributed by atoms with van der Waals surface area (Å²) in [5.41, 5.74) is 5.45. The van der Waals surface area contributed by atoms with Crippen LogP contribution in [0.4, 0.5) is 9.59 Å². The fourth-order valence-electron chi connectivity index (χ4n) is 7.94. The summed E-state index contributed by atoms with van der Waals surface area (Å²) in [7, 11) is 2.57. The number of carbonyl (C=O) groups is 4. The second-order valence-corrected chi connectivity index (χ2v) is 16.6. The number of methoxy groups -OCH3 is 2. The highest BCUT2D eigenvalue weighted by atomic mass is 16.5. The lowest BCUT2D eigenvalue weighted by atomic mass is 9.85. The van der Waals surface area contributed by atoms with E-state index in [1.807, 2.05) is 77.1 Å². The molecule has 0 radical (unpaired) electrons. The Hall–Kier alpha value is -6.32. The number of carbonyl (C=O) groups excluding carboxylic acids is 4. The second-order valence-electron chi connectivity index (χ2n) is 16.6. The average molecular weight is 805 g/mol. The molecule has 5 heterocycles. The fourth-order valence-corrected chi connectivity index (χ4v) is 7.94. The van der Waals surface area contributed by atoms with Gasteiger partial charge in [-0.1, -0.05) is 65.0 Å². The number of rotatable bonds is 10. The third-order valence-corrected chi connectivity index (χ3v) is 11.2. The largest absolute Gasteiger partial charge is 0.453 e. The minimum absolute atomic E-state index is 0.115. The van der Waals surface area contributed by atoms with Crippen LogP contribution in [0.25, 0.3) is 44.8 Å². The average Bonchev–Trinajstić information content (AvgIpc) is 4.07. The first-order valence-corrected chi connectivity index (χ1v) is 20.0. The van der Waals surface area contributed by atoms with Crippen molar-refractivity contribution in [2.24, 2.45) is 11.3 Å². The van der Waals surface area contributed by atoms with E-state index in [4.69, 9.17) is 14.5 Å². The van der Waals surface area contributed by atoms with Crippen LogP contribution in [0.3, 0.4) is 0 Å². The number of ether oxygens (including phenoxy) is 2. The summed E-state index contributed by atoms with van der Waals surface area (Å²) < 4.78 is 9.56. The third kappa shape index (κ3) is 8.61. The molecule has 4 atom stereocenters. The van der Waals surface area contributed by atoms with Gasteiger partial charge in [-0.05, 0) is 60.3 Å². The number of likely N-dealkylation sites (tertiary alicyclic amines) is 2. The van der Waals surface area contributed by atoms with Gasteiger partial charge in [0.2, 0.25) is 11.8 Å². The van der Waals surface area contributed by atoms with Crippen molar-refractivity contribution in [3.05, 3.63) is 72.7 Å². The summed E-state index contributed by atoms with van der Waals surface area (Å²) in [5, 5.41) is 5.42. The number of hydrogen-bond donors (Lipinski definition) is 4.